The first kappa shape index (κ1) is 7.20. The Morgan fingerprint density at radius 1 is 1.86 bits per heavy atom. The van der Waals surface area contributed by atoms with E-state index in [4.69, 9.17) is 0 Å². The van der Waals surface area contributed by atoms with Crippen LogP contribution in [0.15, 0.2) is 0 Å². The van der Waals surface area contributed by atoms with Crippen molar-refractivity contribution in [3.63, 3.8) is 0 Å². The number of carbonyl (C=O) groups is 1. The van der Waals surface area contributed by atoms with Crippen LogP contribution >= 0.6 is 22.6 Å². The molecule has 0 unspecified atom stereocenters. The van der Waals surface area contributed by atoms with Crippen LogP contribution in [0, 0.1) is 0 Å². The van der Waals surface area contributed by atoms with Crippen molar-refractivity contribution in [2.24, 2.45) is 0 Å². The summed E-state index contributed by atoms with van der Waals surface area (Å²) in [5, 5.41) is 2.64. The first-order valence-corrected chi connectivity index (χ1v) is 3.66. The van der Waals surface area contributed by atoms with Crippen LogP contribution in [-0.4, -0.2) is 10.5 Å². The fourth-order valence-corrected chi connectivity index (χ4v) is 0.625. The first-order valence-electron chi connectivity index (χ1n) is 2.14. The number of nitrogens with one attached hydrogen (secondary N) is 1. The van der Waals surface area contributed by atoms with Crippen LogP contribution in [0.5, 0.6) is 0 Å². The van der Waals surface area contributed by atoms with Gasteiger partial charge in [-0.15, -0.1) is 0 Å². The van der Waals surface area contributed by atoms with Gasteiger partial charge in [-0.2, -0.15) is 0 Å². The average Bonchev–Trinajstić information content (AvgIpc) is 1.68. The predicted molar refractivity (Wildman–Crippen MR) is 37.3 cm³/mol. The molecule has 1 N–H and O–H groups in total. The van der Waals surface area contributed by atoms with Gasteiger partial charge in [0.25, 0.3) is 0 Å². The molecular weight excluding hydrogens is 205 g/mol. The van der Waals surface area contributed by atoms with Crippen molar-refractivity contribution in [1.82, 2.24) is 5.32 Å². The molecule has 0 saturated carbocycles. The van der Waals surface area contributed by atoms with Crippen molar-refractivity contribution in [2.45, 2.75) is 13.3 Å². The number of hydrogen-bond donors (Lipinski definition) is 1. The number of hydrogen-bond acceptors (Lipinski definition) is 1. The number of alkyl halides is 1. The second kappa shape index (κ2) is 4.36. The largest absolute Gasteiger partial charge is 0.347 e. The van der Waals surface area contributed by atoms with Crippen LogP contribution in [0.25, 0.3) is 0 Å². The van der Waals surface area contributed by atoms with Crippen molar-refractivity contribution in [2.75, 3.05) is 4.55 Å². The molecule has 0 rings (SSSR count). The van der Waals surface area contributed by atoms with E-state index >= 15 is 0 Å². The fraction of sp³-hybridized carbons (Fsp3) is 0.750. The molecule has 0 aliphatic rings. The van der Waals surface area contributed by atoms with Crippen LogP contribution in [0.1, 0.15) is 13.3 Å². The van der Waals surface area contributed by atoms with Crippen molar-refractivity contribution < 1.29 is 4.79 Å². The Balaban J connectivity index is 3.00. The van der Waals surface area contributed by atoms with E-state index in [0.717, 1.165) is 0 Å². The van der Waals surface area contributed by atoms with Gasteiger partial charge in [0.2, 0.25) is 5.91 Å². The number of carbonyl (C=O) groups excluding carboxylic acids is 1. The Bertz CT molecular complexity index is 64.7. The highest BCUT2D eigenvalue weighted by Gasteiger charge is 1.88. The predicted octanol–water partition coefficient (Wildman–Crippen LogP) is 0.905. The smallest absolute Gasteiger partial charge is 0.220 e. The molecule has 0 aliphatic heterocycles. The van der Waals surface area contributed by atoms with Crippen molar-refractivity contribution in [3.8, 4) is 0 Å². The molecule has 0 heterocycles. The van der Waals surface area contributed by atoms with Gasteiger partial charge in [-0.3, -0.25) is 4.79 Å². The molecule has 7 heavy (non-hydrogen) atoms. The molecule has 2 nitrogen and oxygen atoms in total. The van der Waals surface area contributed by atoms with Gasteiger partial charge in [0.15, 0.2) is 0 Å². The summed E-state index contributed by atoms with van der Waals surface area (Å²) >= 11 is 2.09. The zero-order chi connectivity index (χ0) is 5.70. The fourth-order valence-electron chi connectivity index (χ4n) is 0.200. The van der Waals surface area contributed by atoms with Crippen LogP contribution in [0.3, 0.4) is 0 Å². The van der Waals surface area contributed by atoms with Crippen LogP contribution in [0.4, 0.5) is 0 Å². The highest BCUT2D eigenvalue weighted by molar-refractivity contribution is 14.1. The Labute approximate surface area is 56.8 Å². The maximum absolute atomic E-state index is 10.3. The molecule has 0 saturated heterocycles. The SMILES string of the molecule is CCC(=O)NCI. The zero-order valence-electron chi connectivity index (χ0n) is 4.20. The zero-order valence-corrected chi connectivity index (χ0v) is 6.36. The molecule has 0 aromatic rings. The molecular formula is C4H8INO. The maximum atomic E-state index is 10.3. The van der Waals surface area contributed by atoms with Crippen molar-refractivity contribution in [1.29, 1.82) is 0 Å². The summed E-state index contributed by atoms with van der Waals surface area (Å²) in [5.74, 6) is 0.120. The lowest BCUT2D eigenvalue weighted by atomic mass is 10.5. The molecule has 0 atom stereocenters. The van der Waals surface area contributed by atoms with Crippen molar-refractivity contribution in [3.05, 3.63) is 0 Å². The van der Waals surface area contributed by atoms with Crippen LogP contribution in [-0.2, 0) is 4.79 Å². The van der Waals surface area contributed by atoms with Gasteiger partial charge in [0, 0.05) is 6.42 Å². The van der Waals surface area contributed by atoms with E-state index in [2.05, 4.69) is 27.9 Å². The average molecular weight is 213 g/mol. The highest BCUT2D eigenvalue weighted by atomic mass is 127. The lowest BCUT2D eigenvalue weighted by Gasteiger charge is -1.92. The van der Waals surface area contributed by atoms with E-state index in [0.29, 0.717) is 11.0 Å². The van der Waals surface area contributed by atoms with Crippen LogP contribution in [0.2, 0.25) is 0 Å². The van der Waals surface area contributed by atoms with E-state index in [1.807, 2.05) is 6.92 Å². The minimum Gasteiger partial charge on any atom is -0.347 e. The monoisotopic (exact) mass is 213 g/mol. The van der Waals surface area contributed by atoms with Crippen LogP contribution < -0.4 is 5.32 Å². The second-order valence-electron chi connectivity index (χ2n) is 1.09. The minimum atomic E-state index is 0.120. The van der Waals surface area contributed by atoms with Gasteiger partial charge >= 0.3 is 0 Å². The molecule has 1 amide bonds. The lowest BCUT2D eigenvalue weighted by molar-refractivity contribution is -0.120. The van der Waals surface area contributed by atoms with Gasteiger partial charge in [0.1, 0.15) is 0 Å². The Morgan fingerprint density at radius 2 is 2.43 bits per heavy atom. The molecule has 0 aromatic heterocycles. The molecule has 0 fully saturated rings. The third kappa shape index (κ3) is 4.04. The summed E-state index contributed by atoms with van der Waals surface area (Å²) in [5.41, 5.74) is 0. The summed E-state index contributed by atoms with van der Waals surface area (Å²) in [7, 11) is 0. The molecule has 0 bridgehead atoms. The third-order valence-electron chi connectivity index (χ3n) is 0.585. The molecule has 42 valence electrons. The van der Waals surface area contributed by atoms with E-state index in [-0.39, 0.29) is 5.91 Å². The van der Waals surface area contributed by atoms with E-state index in [1.54, 1.807) is 0 Å². The molecule has 0 aliphatic carbocycles. The standard InChI is InChI=1S/C4H8INO/c1-2-4(7)6-3-5/h2-3H2,1H3,(H,6,7). The quantitative estimate of drug-likeness (QED) is 0.412. The second-order valence-corrected chi connectivity index (χ2v) is 1.85. The Kier molecular flexibility index (Phi) is 4.49. The first-order chi connectivity index (χ1) is 3.31. The lowest BCUT2D eigenvalue weighted by Crippen LogP contribution is -2.19. The van der Waals surface area contributed by atoms with Gasteiger partial charge in [0.05, 0.1) is 4.55 Å². The number of amides is 1. The minimum absolute atomic E-state index is 0.120. The highest BCUT2D eigenvalue weighted by Crippen LogP contribution is 1.77. The van der Waals surface area contributed by atoms with Gasteiger partial charge in [-0.1, -0.05) is 29.5 Å². The molecule has 0 radical (unpaired) electrons. The molecule has 0 spiro atoms. The summed E-state index contributed by atoms with van der Waals surface area (Å²) < 4.78 is 0.713. The van der Waals surface area contributed by atoms with E-state index < -0.39 is 0 Å². The normalized spacial score (nSPS) is 8.29. The third-order valence-corrected chi connectivity index (χ3v) is 0.966. The Hall–Kier alpha value is 0.200. The Morgan fingerprint density at radius 3 is 2.57 bits per heavy atom. The van der Waals surface area contributed by atoms with Gasteiger partial charge < -0.3 is 5.32 Å². The summed E-state index contributed by atoms with van der Waals surface area (Å²) in [4.78, 5) is 10.3. The van der Waals surface area contributed by atoms with Gasteiger partial charge in [-0.25, -0.2) is 0 Å². The van der Waals surface area contributed by atoms with E-state index in [1.165, 1.54) is 0 Å². The summed E-state index contributed by atoms with van der Waals surface area (Å²) in [6, 6.07) is 0. The van der Waals surface area contributed by atoms with Crippen molar-refractivity contribution >= 4 is 28.5 Å². The molecule has 0 aromatic carbocycles. The maximum Gasteiger partial charge on any atom is 0.220 e. The topological polar surface area (TPSA) is 29.1 Å². The number of rotatable bonds is 2. The number of halogens is 1. The van der Waals surface area contributed by atoms with E-state index in [9.17, 15) is 4.79 Å². The van der Waals surface area contributed by atoms with Gasteiger partial charge in [-0.05, 0) is 0 Å². The summed E-state index contributed by atoms with van der Waals surface area (Å²) in [6.07, 6.45) is 0.586. The molecule has 3 heteroatoms. The summed E-state index contributed by atoms with van der Waals surface area (Å²) in [6.45, 7) is 1.83.